The molecule has 1 heterocycles. The summed E-state index contributed by atoms with van der Waals surface area (Å²) in [6.07, 6.45) is 0.287. The van der Waals surface area contributed by atoms with E-state index in [2.05, 4.69) is 11.3 Å². The summed E-state index contributed by atoms with van der Waals surface area (Å²) >= 11 is 0. The molecule has 4 nitrogen and oxygen atoms in total. The molecule has 0 amide bonds. The van der Waals surface area contributed by atoms with E-state index in [0.29, 0.717) is 5.76 Å². The van der Waals surface area contributed by atoms with Gasteiger partial charge >= 0.3 is 5.97 Å². The molecule has 0 saturated heterocycles. The Bertz CT molecular complexity index is 297. The Labute approximate surface area is 75.4 Å². The van der Waals surface area contributed by atoms with E-state index >= 15 is 0 Å². The lowest BCUT2D eigenvalue weighted by Crippen LogP contribution is -2.14. The fourth-order valence-corrected chi connectivity index (χ4v) is 0.777. The standard InChI is InChI=1S/C9H10O4/c1-6(8-4-3-5-12-8)9(11)13-7(2)10/h3-5,7,10H,1H2,2H3. The van der Waals surface area contributed by atoms with Gasteiger partial charge in [-0.05, 0) is 19.1 Å². The van der Waals surface area contributed by atoms with Crippen LogP contribution in [0.3, 0.4) is 0 Å². The highest BCUT2D eigenvalue weighted by Gasteiger charge is 2.14. The summed E-state index contributed by atoms with van der Waals surface area (Å²) in [4.78, 5) is 11.1. The van der Waals surface area contributed by atoms with Gasteiger partial charge in [0.2, 0.25) is 0 Å². The van der Waals surface area contributed by atoms with Crippen LogP contribution in [0.2, 0.25) is 0 Å². The molecule has 0 radical (unpaired) electrons. The van der Waals surface area contributed by atoms with E-state index in [-0.39, 0.29) is 5.57 Å². The number of hydrogen-bond acceptors (Lipinski definition) is 4. The fourth-order valence-electron chi connectivity index (χ4n) is 0.777. The van der Waals surface area contributed by atoms with Crippen molar-refractivity contribution in [2.75, 3.05) is 0 Å². The zero-order valence-corrected chi connectivity index (χ0v) is 7.19. The van der Waals surface area contributed by atoms with Crippen LogP contribution in [0.5, 0.6) is 0 Å². The number of carbonyl (C=O) groups is 1. The molecule has 0 aromatic carbocycles. The SMILES string of the molecule is C=C(C(=O)OC(C)O)c1ccco1. The first-order valence-corrected chi connectivity index (χ1v) is 3.73. The first-order valence-electron chi connectivity index (χ1n) is 3.73. The Morgan fingerprint density at radius 1 is 1.77 bits per heavy atom. The van der Waals surface area contributed by atoms with Gasteiger partial charge in [-0.25, -0.2) is 4.79 Å². The van der Waals surface area contributed by atoms with Crippen LogP contribution in [-0.4, -0.2) is 17.4 Å². The predicted octanol–water partition coefficient (Wildman–Crippen LogP) is 1.17. The molecule has 0 saturated carbocycles. The van der Waals surface area contributed by atoms with Gasteiger partial charge in [-0.1, -0.05) is 6.58 Å². The van der Waals surface area contributed by atoms with E-state index < -0.39 is 12.3 Å². The first-order chi connectivity index (χ1) is 6.11. The smallest absolute Gasteiger partial charge is 0.343 e. The lowest BCUT2D eigenvalue weighted by Gasteiger charge is -2.06. The van der Waals surface area contributed by atoms with E-state index in [1.807, 2.05) is 0 Å². The van der Waals surface area contributed by atoms with E-state index in [0.717, 1.165) is 0 Å². The summed E-state index contributed by atoms with van der Waals surface area (Å²) in [5.41, 5.74) is 0.0888. The van der Waals surface area contributed by atoms with Crippen molar-refractivity contribution in [3.05, 3.63) is 30.7 Å². The highest BCUT2D eigenvalue weighted by atomic mass is 16.6. The van der Waals surface area contributed by atoms with Crippen LogP contribution < -0.4 is 0 Å². The molecule has 0 aliphatic carbocycles. The number of aliphatic hydroxyl groups is 1. The van der Waals surface area contributed by atoms with Gasteiger partial charge in [-0.2, -0.15) is 0 Å². The lowest BCUT2D eigenvalue weighted by atomic mass is 10.2. The predicted molar refractivity (Wildman–Crippen MR) is 45.5 cm³/mol. The average molecular weight is 182 g/mol. The minimum atomic E-state index is -1.14. The second kappa shape index (κ2) is 3.91. The van der Waals surface area contributed by atoms with E-state index in [9.17, 15) is 4.79 Å². The Morgan fingerprint density at radius 3 is 2.92 bits per heavy atom. The summed E-state index contributed by atoms with van der Waals surface area (Å²) < 4.78 is 9.41. The van der Waals surface area contributed by atoms with Crippen LogP contribution >= 0.6 is 0 Å². The minimum Gasteiger partial charge on any atom is -0.464 e. The maximum absolute atomic E-state index is 11.1. The number of carbonyl (C=O) groups excluding carboxylic acids is 1. The third kappa shape index (κ3) is 2.45. The van der Waals surface area contributed by atoms with Crippen LogP contribution in [0.15, 0.2) is 29.4 Å². The molecule has 13 heavy (non-hydrogen) atoms. The van der Waals surface area contributed by atoms with Crippen molar-refractivity contribution >= 4 is 11.5 Å². The van der Waals surface area contributed by atoms with E-state index in [4.69, 9.17) is 9.52 Å². The van der Waals surface area contributed by atoms with Gasteiger partial charge < -0.3 is 14.3 Å². The normalized spacial score (nSPS) is 12.2. The van der Waals surface area contributed by atoms with Gasteiger partial charge in [0.15, 0.2) is 6.29 Å². The molecule has 0 spiro atoms. The zero-order valence-electron chi connectivity index (χ0n) is 7.19. The highest BCUT2D eigenvalue weighted by Crippen LogP contribution is 2.14. The second-order valence-corrected chi connectivity index (χ2v) is 2.46. The van der Waals surface area contributed by atoms with Crippen molar-refractivity contribution < 1.29 is 19.1 Å². The Kier molecular flexibility index (Phi) is 2.87. The summed E-state index contributed by atoms with van der Waals surface area (Å²) in [5.74, 6) is -0.351. The second-order valence-electron chi connectivity index (χ2n) is 2.46. The molecule has 1 rings (SSSR count). The Hall–Kier alpha value is -1.55. The molecule has 0 aliphatic rings. The van der Waals surface area contributed by atoms with Crippen molar-refractivity contribution in [1.82, 2.24) is 0 Å². The average Bonchev–Trinajstić information content (AvgIpc) is 2.53. The van der Waals surface area contributed by atoms with Gasteiger partial charge in [0.05, 0.1) is 11.8 Å². The highest BCUT2D eigenvalue weighted by molar-refractivity contribution is 6.14. The minimum absolute atomic E-state index is 0.0888. The third-order valence-corrected chi connectivity index (χ3v) is 1.34. The quantitative estimate of drug-likeness (QED) is 0.433. The third-order valence-electron chi connectivity index (χ3n) is 1.34. The molecular weight excluding hydrogens is 172 g/mol. The maximum Gasteiger partial charge on any atom is 0.343 e. The van der Waals surface area contributed by atoms with Crippen molar-refractivity contribution in [1.29, 1.82) is 0 Å². The topological polar surface area (TPSA) is 59.7 Å². The molecule has 1 atom stereocenters. The molecule has 1 aromatic rings. The number of furan rings is 1. The van der Waals surface area contributed by atoms with Gasteiger partial charge in [-0.15, -0.1) is 0 Å². The van der Waals surface area contributed by atoms with Crippen LogP contribution in [0.4, 0.5) is 0 Å². The van der Waals surface area contributed by atoms with Crippen LogP contribution in [0, 0.1) is 0 Å². The first kappa shape index (κ1) is 9.54. The van der Waals surface area contributed by atoms with Crippen molar-refractivity contribution in [3.63, 3.8) is 0 Å². The molecule has 1 aromatic heterocycles. The number of rotatable bonds is 3. The number of aliphatic hydroxyl groups excluding tert-OH is 1. The number of ether oxygens (including phenoxy) is 1. The van der Waals surface area contributed by atoms with Gasteiger partial charge in [0.25, 0.3) is 0 Å². The molecule has 0 fully saturated rings. The molecule has 0 aliphatic heterocycles. The molecule has 1 N–H and O–H groups in total. The van der Waals surface area contributed by atoms with Crippen LogP contribution in [-0.2, 0) is 9.53 Å². The van der Waals surface area contributed by atoms with Crippen molar-refractivity contribution in [2.24, 2.45) is 0 Å². The summed E-state index contributed by atoms with van der Waals surface area (Å²) in [5, 5.41) is 8.75. The van der Waals surface area contributed by atoms with Gasteiger partial charge in [0.1, 0.15) is 5.76 Å². The maximum atomic E-state index is 11.1. The molecule has 0 bridgehead atoms. The van der Waals surface area contributed by atoms with Crippen molar-refractivity contribution in [3.8, 4) is 0 Å². The Balaban J connectivity index is 2.64. The molecule has 1 unspecified atom stereocenters. The van der Waals surface area contributed by atoms with Gasteiger partial charge in [0, 0.05) is 0 Å². The van der Waals surface area contributed by atoms with Crippen LogP contribution in [0.25, 0.3) is 5.57 Å². The number of hydrogen-bond donors (Lipinski definition) is 1. The summed E-state index contributed by atoms with van der Waals surface area (Å²) in [6.45, 7) is 4.81. The van der Waals surface area contributed by atoms with E-state index in [1.54, 1.807) is 12.1 Å². The zero-order chi connectivity index (χ0) is 9.84. The van der Waals surface area contributed by atoms with Crippen molar-refractivity contribution in [2.45, 2.75) is 13.2 Å². The molecule has 4 heteroatoms. The fraction of sp³-hybridized carbons (Fsp3) is 0.222. The monoisotopic (exact) mass is 182 g/mol. The number of esters is 1. The van der Waals surface area contributed by atoms with Gasteiger partial charge in [-0.3, -0.25) is 0 Å². The molecular formula is C9H10O4. The largest absolute Gasteiger partial charge is 0.464 e. The van der Waals surface area contributed by atoms with Crippen LogP contribution in [0.1, 0.15) is 12.7 Å². The Morgan fingerprint density at radius 2 is 2.46 bits per heavy atom. The van der Waals surface area contributed by atoms with E-state index in [1.165, 1.54) is 13.2 Å². The molecule has 70 valence electrons. The summed E-state index contributed by atoms with van der Waals surface area (Å²) in [7, 11) is 0. The lowest BCUT2D eigenvalue weighted by molar-refractivity contribution is -0.157. The summed E-state index contributed by atoms with van der Waals surface area (Å²) in [6, 6.07) is 3.22.